The first-order valence-electron chi connectivity index (χ1n) is 14.8. The van der Waals surface area contributed by atoms with E-state index in [1.165, 1.54) is 68.7 Å². The molecule has 4 aromatic carbocycles. The van der Waals surface area contributed by atoms with E-state index >= 15 is 0 Å². The van der Waals surface area contributed by atoms with Crippen LogP contribution in [0.1, 0.15) is 81.3 Å². The molecular weight excluding hydrogens is 655 g/mol. The van der Waals surface area contributed by atoms with E-state index in [1.807, 2.05) is 48.6 Å². The third-order valence-corrected chi connectivity index (χ3v) is 7.47. The van der Waals surface area contributed by atoms with E-state index in [-0.39, 0.29) is 10.8 Å². The van der Waals surface area contributed by atoms with Gasteiger partial charge in [0.1, 0.15) is 0 Å². The molecule has 0 aliphatic heterocycles. The van der Waals surface area contributed by atoms with Crippen molar-refractivity contribution >= 4 is 27.4 Å². The minimum absolute atomic E-state index is 0.163. The summed E-state index contributed by atoms with van der Waals surface area (Å²) in [6, 6.07) is 31.0. The third-order valence-electron chi connectivity index (χ3n) is 7.00. The summed E-state index contributed by atoms with van der Waals surface area (Å²) in [7, 11) is 0. The average molecular weight is 699 g/mol. The van der Waals surface area contributed by atoms with E-state index in [0.717, 1.165) is 22.9 Å². The molecule has 0 heterocycles. The zero-order chi connectivity index (χ0) is 32.9. The summed E-state index contributed by atoms with van der Waals surface area (Å²) >= 11 is 12.3. The molecule has 0 unspecified atom stereocenters. The second kappa shape index (κ2) is 18.0. The van der Waals surface area contributed by atoms with Crippen LogP contribution in [-0.2, 0) is 41.5 Å². The monoisotopic (exact) mass is 696 g/mol. The van der Waals surface area contributed by atoms with Gasteiger partial charge in [-0.25, -0.2) is 12.2 Å². The molecule has 0 N–H and O–H groups in total. The van der Waals surface area contributed by atoms with Gasteiger partial charge < -0.3 is 0 Å². The van der Waals surface area contributed by atoms with E-state index in [0.29, 0.717) is 0 Å². The Morgan fingerprint density at radius 1 is 0.773 bits per heavy atom. The van der Waals surface area contributed by atoms with Crippen LogP contribution in [0.3, 0.4) is 0 Å². The maximum atomic E-state index is 5.51. The Hall–Kier alpha value is -2.31. The molecule has 4 aromatic rings. The number of halogens is 2. The van der Waals surface area contributed by atoms with Crippen molar-refractivity contribution in [2.24, 2.45) is 0 Å². The van der Waals surface area contributed by atoms with Crippen LogP contribution in [0.2, 0.25) is 10.0 Å². The molecule has 0 bridgehead atoms. The minimum atomic E-state index is 0.163. The van der Waals surface area contributed by atoms with E-state index in [2.05, 4.69) is 108 Å². The van der Waals surface area contributed by atoms with Crippen LogP contribution in [0, 0.1) is 38.1 Å². The van der Waals surface area contributed by atoms with Crippen LogP contribution in [0.5, 0.6) is 0 Å². The van der Waals surface area contributed by atoms with E-state index in [4.69, 9.17) is 23.2 Å². The molecule has 0 spiro atoms. The van der Waals surface area contributed by atoms with Gasteiger partial charge in [-0.15, -0.1) is 23.1 Å². The van der Waals surface area contributed by atoms with Gasteiger partial charge in [-0.05, 0) is 35.4 Å². The average Bonchev–Trinajstić information content (AvgIpc) is 3.65. The molecule has 230 valence electrons. The van der Waals surface area contributed by atoms with Crippen LogP contribution < -0.4 is 0 Å². The molecule has 2 aliphatic carbocycles. The summed E-state index contributed by atoms with van der Waals surface area (Å²) in [6.45, 7) is 18.2. The molecular formula is C41H44Cl2Zr-4. The zero-order valence-corrected chi connectivity index (χ0v) is 31.4. The van der Waals surface area contributed by atoms with Gasteiger partial charge >= 0.3 is 28.4 Å². The van der Waals surface area contributed by atoms with E-state index in [1.54, 1.807) is 12.1 Å². The SMILES string of the molecule is Cc1[c-]c2c(cc1C(C)(C)C)-c1cc(C(C)(C)C)c(C)cc1C2.Clc1c[c-]ccc1.Clc1c[c-]ccc1.[C-]1=CC=CC1.[CH2]=[Zr]. The van der Waals surface area contributed by atoms with Crippen molar-refractivity contribution in [1.29, 1.82) is 0 Å². The van der Waals surface area contributed by atoms with Gasteiger partial charge in [0.25, 0.3) is 0 Å². The summed E-state index contributed by atoms with van der Waals surface area (Å²) in [6.07, 6.45) is 11.0. The molecule has 2 aliphatic rings. The Kier molecular flexibility index (Phi) is 15.5. The fourth-order valence-corrected chi connectivity index (χ4v) is 5.38. The summed E-state index contributed by atoms with van der Waals surface area (Å²) < 4.78 is 3.34. The number of rotatable bonds is 0. The van der Waals surface area contributed by atoms with Crippen LogP contribution in [0.25, 0.3) is 11.1 Å². The Bertz CT molecular complexity index is 1400. The molecule has 3 heteroatoms. The molecule has 0 radical (unpaired) electrons. The van der Waals surface area contributed by atoms with Gasteiger partial charge in [-0.3, -0.25) is 6.08 Å². The van der Waals surface area contributed by atoms with Crippen molar-refractivity contribution in [2.75, 3.05) is 0 Å². The first-order valence-corrected chi connectivity index (χ1v) is 17.3. The van der Waals surface area contributed by atoms with Crippen molar-refractivity contribution in [3.63, 3.8) is 0 Å². The Morgan fingerprint density at radius 2 is 1.32 bits per heavy atom. The predicted molar refractivity (Wildman–Crippen MR) is 190 cm³/mol. The quantitative estimate of drug-likeness (QED) is 0.141. The number of hydrogen-bond donors (Lipinski definition) is 0. The van der Waals surface area contributed by atoms with Crippen molar-refractivity contribution < 1.29 is 24.2 Å². The molecule has 0 nitrogen and oxygen atoms in total. The first kappa shape index (κ1) is 37.9. The van der Waals surface area contributed by atoms with E-state index in [9.17, 15) is 0 Å². The van der Waals surface area contributed by atoms with Gasteiger partial charge in [-0.1, -0.05) is 81.6 Å². The maximum absolute atomic E-state index is 5.51. The van der Waals surface area contributed by atoms with Gasteiger partial charge in [0.15, 0.2) is 0 Å². The van der Waals surface area contributed by atoms with Gasteiger partial charge in [0.05, 0.1) is 0 Å². The number of aryl methyl sites for hydroxylation is 2. The fraction of sp³-hybridized carbons (Fsp3) is 0.293. The second-order valence-electron chi connectivity index (χ2n) is 12.6. The molecule has 0 saturated heterocycles. The Balaban J connectivity index is 0.000000258. The van der Waals surface area contributed by atoms with Crippen LogP contribution in [0.4, 0.5) is 0 Å². The van der Waals surface area contributed by atoms with Crippen LogP contribution in [-0.4, -0.2) is 4.21 Å². The molecule has 6 rings (SSSR count). The molecule has 44 heavy (non-hydrogen) atoms. The van der Waals surface area contributed by atoms with Crippen molar-refractivity contribution in [3.8, 4) is 11.1 Å². The number of fused-ring (bicyclic) bond motifs is 3. The second-order valence-corrected chi connectivity index (χ2v) is 13.5. The molecule has 0 amide bonds. The number of allylic oxidation sites excluding steroid dienone is 4. The van der Waals surface area contributed by atoms with Crippen molar-refractivity contribution in [2.45, 2.75) is 79.1 Å². The van der Waals surface area contributed by atoms with Crippen molar-refractivity contribution in [1.82, 2.24) is 0 Å². The number of benzene rings is 4. The summed E-state index contributed by atoms with van der Waals surface area (Å²) in [5.74, 6) is 0. The van der Waals surface area contributed by atoms with E-state index < -0.39 is 0 Å². The molecule has 0 atom stereocenters. The van der Waals surface area contributed by atoms with Gasteiger partial charge in [0, 0.05) is 0 Å². The molecule has 0 fully saturated rings. The topological polar surface area (TPSA) is 0 Å². The normalized spacial score (nSPS) is 12.1. The Labute approximate surface area is 292 Å². The number of hydrogen-bond acceptors (Lipinski definition) is 0. The van der Waals surface area contributed by atoms with Crippen LogP contribution in [0.15, 0.2) is 85.0 Å². The van der Waals surface area contributed by atoms with Crippen LogP contribution >= 0.6 is 23.2 Å². The summed E-state index contributed by atoms with van der Waals surface area (Å²) in [5.41, 5.74) is 11.6. The molecule has 0 saturated carbocycles. The zero-order valence-electron chi connectivity index (χ0n) is 27.5. The first-order chi connectivity index (χ1) is 20.8. The Morgan fingerprint density at radius 3 is 1.68 bits per heavy atom. The summed E-state index contributed by atoms with van der Waals surface area (Å²) in [4.78, 5) is 0. The predicted octanol–water partition coefficient (Wildman–Crippen LogP) is 11.8. The standard InChI is InChI=1S/C23H29.2C6H4Cl.C5H5.CH2.Zr/c1-14-9-16-11-17-10-15(2)21(23(6,7)8)13-19(17)18(16)12-20(14)22(3,4)5;2*7-6-4-2-1-3-5-6;1-2-4-5-3-1;;/h9,12-13H,11H2,1-8H3;2*1-2,4-5H;1-3H,4H2;1H2;/q4*-1;;. The third kappa shape index (κ3) is 11.9. The van der Waals surface area contributed by atoms with Gasteiger partial charge in [-0.2, -0.15) is 108 Å². The molecule has 0 aromatic heterocycles. The fourth-order valence-electron chi connectivity index (χ4n) is 5.11. The van der Waals surface area contributed by atoms with Gasteiger partial charge in [0.2, 0.25) is 0 Å². The van der Waals surface area contributed by atoms with Crippen molar-refractivity contribution in [3.05, 3.63) is 153 Å². The summed E-state index contributed by atoms with van der Waals surface area (Å²) in [5, 5.41) is 1.48.